The van der Waals surface area contributed by atoms with Gasteiger partial charge in [-0.2, -0.15) is 0 Å². The molecule has 3 rings (SSSR count). The standard InChI is InChI=1S/C22H26FNO4/c23-19-3-1-2-4-20(19)28-14-11-16-9-12-22(27,13-10-16)15-24-21(26)17-5-7-18(25)8-6-17/h1-8,16,25,27H,9-15H2,(H,24,26). The average molecular weight is 387 g/mol. The summed E-state index contributed by atoms with van der Waals surface area (Å²) in [7, 11) is 0. The summed E-state index contributed by atoms with van der Waals surface area (Å²) in [5.74, 6) is 0.165. The molecule has 28 heavy (non-hydrogen) atoms. The number of benzene rings is 2. The van der Waals surface area contributed by atoms with Gasteiger partial charge in [0.05, 0.1) is 12.2 Å². The molecule has 0 atom stereocenters. The van der Waals surface area contributed by atoms with E-state index < -0.39 is 5.60 Å². The number of para-hydroxylation sites is 1. The molecule has 150 valence electrons. The van der Waals surface area contributed by atoms with Gasteiger partial charge in [-0.1, -0.05) is 12.1 Å². The quantitative estimate of drug-likeness (QED) is 0.678. The molecule has 5 nitrogen and oxygen atoms in total. The molecule has 1 fully saturated rings. The first-order valence-electron chi connectivity index (χ1n) is 9.62. The van der Waals surface area contributed by atoms with Crippen molar-refractivity contribution in [1.29, 1.82) is 0 Å². The molecule has 1 amide bonds. The minimum Gasteiger partial charge on any atom is -0.508 e. The van der Waals surface area contributed by atoms with Gasteiger partial charge in [0.2, 0.25) is 0 Å². The molecule has 3 N–H and O–H groups in total. The van der Waals surface area contributed by atoms with Crippen molar-refractivity contribution in [3.05, 3.63) is 59.9 Å². The molecule has 1 saturated carbocycles. The van der Waals surface area contributed by atoms with Crippen LogP contribution in [0.2, 0.25) is 0 Å². The highest BCUT2D eigenvalue weighted by Crippen LogP contribution is 2.33. The molecule has 0 aliphatic heterocycles. The van der Waals surface area contributed by atoms with Gasteiger partial charge < -0.3 is 20.3 Å². The van der Waals surface area contributed by atoms with Crippen molar-refractivity contribution < 1.29 is 24.1 Å². The summed E-state index contributed by atoms with van der Waals surface area (Å²) in [6.07, 6.45) is 3.70. The van der Waals surface area contributed by atoms with Crippen LogP contribution in [0.4, 0.5) is 4.39 Å². The fraction of sp³-hybridized carbons (Fsp3) is 0.409. The average Bonchev–Trinajstić information content (AvgIpc) is 2.70. The van der Waals surface area contributed by atoms with Gasteiger partial charge in [0.1, 0.15) is 5.75 Å². The van der Waals surface area contributed by atoms with Crippen LogP contribution in [0.3, 0.4) is 0 Å². The van der Waals surface area contributed by atoms with Crippen molar-refractivity contribution in [1.82, 2.24) is 5.32 Å². The third kappa shape index (κ3) is 5.45. The number of nitrogens with one attached hydrogen (secondary N) is 1. The predicted octanol–water partition coefficient (Wildman–Crippen LogP) is 3.65. The number of carbonyl (C=O) groups is 1. The van der Waals surface area contributed by atoms with Crippen LogP contribution in [0.25, 0.3) is 0 Å². The largest absolute Gasteiger partial charge is 0.508 e. The van der Waals surface area contributed by atoms with Crippen molar-refractivity contribution in [3.63, 3.8) is 0 Å². The Labute approximate surface area is 164 Å². The van der Waals surface area contributed by atoms with Gasteiger partial charge in [-0.15, -0.1) is 0 Å². The van der Waals surface area contributed by atoms with Crippen LogP contribution >= 0.6 is 0 Å². The van der Waals surface area contributed by atoms with Crippen LogP contribution < -0.4 is 10.1 Å². The van der Waals surface area contributed by atoms with Crippen molar-refractivity contribution in [2.45, 2.75) is 37.7 Å². The van der Waals surface area contributed by atoms with Crippen molar-refractivity contribution in [3.8, 4) is 11.5 Å². The molecule has 2 aromatic carbocycles. The summed E-state index contributed by atoms with van der Waals surface area (Å²) in [6, 6.07) is 12.4. The number of amides is 1. The number of aliphatic hydroxyl groups is 1. The molecule has 1 aliphatic carbocycles. The maximum atomic E-state index is 13.5. The molecule has 0 spiro atoms. The Bertz CT molecular complexity index is 785. The van der Waals surface area contributed by atoms with E-state index in [-0.39, 0.29) is 29.8 Å². The fourth-order valence-electron chi connectivity index (χ4n) is 3.54. The maximum absolute atomic E-state index is 13.5. The Morgan fingerprint density at radius 1 is 1.14 bits per heavy atom. The van der Waals surface area contributed by atoms with E-state index in [2.05, 4.69) is 5.32 Å². The van der Waals surface area contributed by atoms with E-state index in [4.69, 9.17) is 4.74 Å². The predicted molar refractivity (Wildman–Crippen MR) is 104 cm³/mol. The number of rotatable bonds is 7. The van der Waals surface area contributed by atoms with Gasteiger partial charge in [0.25, 0.3) is 5.91 Å². The smallest absolute Gasteiger partial charge is 0.251 e. The highest BCUT2D eigenvalue weighted by Gasteiger charge is 2.33. The first-order valence-corrected chi connectivity index (χ1v) is 9.62. The number of carbonyl (C=O) groups excluding carboxylic acids is 1. The monoisotopic (exact) mass is 387 g/mol. The molecule has 2 aromatic rings. The molecule has 0 saturated heterocycles. The molecule has 0 heterocycles. The minimum absolute atomic E-state index is 0.104. The van der Waals surface area contributed by atoms with Crippen LogP contribution in [0.5, 0.6) is 11.5 Å². The van der Waals surface area contributed by atoms with E-state index >= 15 is 0 Å². The van der Waals surface area contributed by atoms with Crippen LogP contribution in [0.1, 0.15) is 42.5 Å². The van der Waals surface area contributed by atoms with Crippen LogP contribution in [0.15, 0.2) is 48.5 Å². The number of phenolic OH excluding ortho intramolecular Hbond substituents is 1. The van der Waals surface area contributed by atoms with E-state index in [0.717, 1.165) is 19.3 Å². The summed E-state index contributed by atoms with van der Waals surface area (Å²) >= 11 is 0. The van der Waals surface area contributed by atoms with E-state index in [1.807, 2.05) is 0 Å². The third-order valence-electron chi connectivity index (χ3n) is 5.36. The third-order valence-corrected chi connectivity index (χ3v) is 5.36. The number of aromatic hydroxyl groups is 1. The second-order valence-electron chi connectivity index (χ2n) is 7.46. The minimum atomic E-state index is -0.907. The molecule has 0 aromatic heterocycles. The Balaban J connectivity index is 1.39. The number of hydrogen-bond acceptors (Lipinski definition) is 4. The zero-order valence-corrected chi connectivity index (χ0v) is 15.7. The highest BCUT2D eigenvalue weighted by molar-refractivity contribution is 5.94. The fourth-order valence-corrected chi connectivity index (χ4v) is 3.54. The lowest BCUT2D eigenvalue weighted by Crippen LogP contribution is -2.45. The van der Waals surface area contributed by atoms with Crippen LogP contribution in [-0.2, 0) is 0 Å². The number of hydrogen-bond donors (Lipinski definition) is 3. The van der Waals surface area contributed by atoms with E-state index in [0.29, 0.717) is 30.9 Å². The number of phenols is 1. The van der Waals surface area contributed by atoms with E-state index in [1.54, 1.807) is 30.3 Å². The van der Waals surface area contributed by atoms with Crippen LogP contribution in [-0.4, -0.2) is 34.9 Å². The Kier molecular flexibility index (Phi) is 6.52. The summed E-state index contributed by atoms with van der Waals surface area (Å²) in [6.45, 7) is 0.646. The summed E-state index contributed by atoms with van der Waals surface area (Å²) < 4.78 is 19.1. The summed E-state index contributed by atoms with van der Waals surface area (Å²) in [5, 5.41) is 22.8. The molecular formula is C22H26FNO4. The lowest BCUT2D eigenvalue weighted by Gasteiger charge is -2.36. The molecule has 6 heteroatoms. The zero-order chi connectivity index (χ0) is 20.0. The Morgan fingerprint density at radius 2 is 1.82 bits per heavy atom. The second-order valence-corrected chi connectivity index (χ2v) is 7.46. The molecule has 1 aliphatic rings. The Morgan fingerprint density at radius 3 is 2.50 bits per heavy atom. The topological polar surface area (TPSA) is 78.8 Å². The van der Waals surface area contributed by atoms with Gasteiger partial charge in [0.15, 0.2) is 11.6 Å². The number of ether oxygens (including phenoxy) is 1. The molecule has 0 unspecified atom stereocenters. The molecule has 0 bridgehead atoms. The first kappa shape index (κ1) is 20.1. The summed E-state index contributed by atoms with van der Waals surface area (Å²) in [4.78, 5) is 12.2. The van der Waals surface area contributed by atoms with Crippen molar-refractivity contribution in [2.24, 2.45) is 5.92 Å². The van der Waals surface area contributed by atoms with E-state index in [1.165, 1.54) is 18.2 Å². The second kappa shape index (κ2) is 9.06. The van der Waals surface area contributed by atoms with Crippen molar-refractivity contribution in [2.75, 3.05) is 13.2 Å². The van der Waals surface area contributed by atoms with Crippen LogP contribution in [0, 0.1) is 11.7 Å². The van der Waals surface area contributed by atoms with Gasteiger partial charge >= 0.3 is 0 Å². The van der Waals surface area contributed by atoms with E-state index in [9.17, 15) is 19.4 Å². The van der Waals surface area contributed by atoms with Gasteiger partial charge in [-0.25, -0.2) is 4.39 Å². The summed E-state index contributed by atoms with van der Waals surface area (Å²) in [5.41, 5.74) is -0.462. The van der Waals surface area contributed by atoms with Gasteiger partial charge in [-0.3, -0.25) is 4.79 Å². The lowest BCUT2D eigenvalue weighted by molar-refractivity contribution is -0.00980. The lowest BCUT2D eigenvalue weighted by atomic mass is 9.77. The Hall–Kier alpha value is -2.60. The van der Waals surface area contributed by atoms with Crippen molar-refractivity contribution >= 4 is 5.91 Å². The van der Waals surface area contributed by atoms with Gasteiger partial charge in [0, 0.05) is 12.1 Å². The zero-order valence-electron chi connectivity index (χ0n) is 15.7. The highest BCUT2D eigenvalue weighted by atomic mass is 19.1. The first-order chi connectivity index (χ1) is 13.5. The SMILES string of the molecule is O=C(NCC1(O)CCC(CCOc2ccccc2F)CC1)c1ccc(O)cc1. The molecular weight excluding hydrogens is 361 g/mol. The molecule has 0 radical (unpaired) electrons. The van der Waals surface area contributed by atoms with Gasteiger partial charge in [-0.05, 0) is 74.4 Å². The maximum Gasteiger partial charge on any atom is 0.251 e. The number of halogens is 1. The normalized spacial score (nSPS) is 21.9.